The Morgan fingerprint density at radius 1 is 1.40 bits per heavy atom. The third-order valence-electron chi connectivity index (χ3n) is 4.03. The minimum absolute atomic E-state index is 0.592. The van der Waals surface area contributed by atoms with Gasteiger partial charge < -0.3 is 15.1 Å². The number of pyridine rings is 1. The third kappa shape index (κ3) is 3.30. The summed E-state index contributed by atoms with van der Waals surface area (Å²) in [4.78, 5) is 9.66. The van der Waals surface area contributed by atoms with Gasteiger partial charge in [0.1, 0.15) is 5.82 Å². The van der Waals surface area contributed by atoms with Crippen LogP contribution >= 0.6 is 0 Å². The van der Waals surface area contributed by atoms with Crippen molar-refractivity contribution in [1.29, 1.82) is 0 Å². The Hall–Kier alpha value is -1.13. The fraction of sp³-hybridized carbons (Fsp3) is 0.688. The summed E-state index contributed by atoms with van der Waals surface area (Å²) in [5, 5.41) is 3.29. The Labute approximate surface area is 123 Å². The molecule has 2 rings (SSSR count). The number of hydrogen-bond acceptors (Lipinski definition) is 4. The summed E-state index contributed by atoms with van der Waals surface area (Å²) in [6.45, 7) is 7.41. The van der Waals surface area contributed by atoms with Gasteiger partial charge >= 0.3 is 0 Å². The maximum Gasteiger partial charge on any atom is 0.133 e. The predicted octanol–water partition coefficient (Wildman–Crippen LogP) is 1.95. The monoisotopic (exact) mass is 276 g/mol. The fourth-order valence-electron chi connectivity index (χ4n) is 3.20. The number of nitrogens with one attached hydrogen (secondary N) is 1. The van der Waals surface area contributed by atoms with E-state index in [-0.39, 0.29) is 0 Å². The van der Waals surface area contributed by atoms with Crippen molar-refractivity contribution in [2.45, 2.75) is 39.3 Å². The summed E-state index contributed by atoms with van der Waals surface area (Å²) >= 11 is 0. The van der Waals surface area contributed by atoms with Gasteiger partial charge in [-0.3, -0.25) is 0 Å². The van der Waals surface area contributed by atoms with Gasteiger partial charge in [-0.1, -0.05) is 0 Å². The minimum atomic E-state index is 0.592. The lowest BCUT2D eigenvalue weighted by Gasteiger charge is -2.30. The fourth-order valence-corrected chi connectivity index (χ4v) is 3.20. The Balaban J connectivity index is 2.34. The van der Waals surface area contributed by atoms with Gasteiger partial charge in [-0.25, -0.2) is 4.98 Å². The molecule has 0 spiro atoms. The molecule has 0 aliphatic carbocycles. The molecule has 0 aromatic carbocycles. The van der Waals surface area contributed by atoms with Gasteiger partial charge in [-0.05, 0) is 59.5 Å². The number of hydrogen-bond donors (Lipinski definition) is 1. The smallest absolute Gasteiger partial charge is 0.133 e. The van der Waals surface area contributed by atoms with Crippen molar-refractivity contribution in [2.24, 2.45) is 0 Å². The first kappa shape index (κ1) is 15.3. The highest BCUT2D eigenvalue weighted by Gasteiger charge is 2.28. The van der Waals surface area contributed by atoms with E-state index in [1.165, 1.54) is 29.8 Å². The molecule has 0 radical (unpaired) electrons. The van der Waals surface area contributed by atoms with E-state index in [1.807, 2.05) is 7.05 Å². The SMILES string of the molecule is CNCc1c(C)cc(C)nc1N1CCCC1CN(C)C. The van der Waals surface area contributed by atoms with Crippen LogP contribution < -0.4 is 10.2 Å². The lowest BCUT2D eigenvalue weighted by molar-refractivity contribution is 0.371. The molecular formula is C16H28N4. The Kier molecular flexibility index (Phi) is 5.00. The zero-order valence-electron chi connectivity index (χ0n) is 13.5. The predicted molar refractivity (Wildman–Crippen MR) is 85.4 cm³/mol. The first-order chi connectivity index (χ1) is 9.52. The average molecular weight is 276 g/mol. The van der Waals surface area contributed by atoms with Crippen LogP contribution in [0.2, 0.25) is 0 Å². The molecule has 2 heterocycles. The van der Waals surface area contributed by atoms with Crippen LogP contribution in [0.1, 0.15) is 29.7 Å². The Bertz CT molecular complexity index is 456. The van der Waals surface area contributed by atoms with Gasteiger partial charge in [0.05, 0.1) is 0 Å². The van der Waals surface area contributed by atoms with Gasteiger partial charge in [0, 0.05) is 36.9 Å². The highest BCUT2D eigenvalue weighted by molar-refractivity contribution is 5.53. The topological polar surface area (TPSA) is 31.4 Å². The normalized spacial score (nSPS) is 19.1. The molecule has 1 unspecified atom stereocenters. The van der Waals surface area contributed by atoms with Gasteiger partial charge in [-0.2, -0.15) is 0 Å². The molecule has 4 nitrogen and oxygen atoms in total. The van der Waals surface area contributed by atoms with Crippen LogP contribution in [0.4, 0.5) is 5.82 Å². The maximum atomic E-state index is 4.86. The number of aryl methyl sites for hydroxylation is 2. The number of rotatable bonds is 5. The van der Waals surface area contributed by atoms with Crippen LogP contribution in [0.5, 0.6) is 0 Å². The van der Waals surface area contributed by atoms with Gasteiger partial charge in [0.15, 0.2) is 0 Å². The van der Waals surface area contributed by atoms with E-state index in [2.05, 4.69) is 49.1 Å². The van der Waals surface area contributed by atoms with Crippen LogP contribution in [0.25, 0.3) is 0 Å². The van der Waals surface area contributed by atoms with Crippen molar-refractivity contribution >= 4 is 5.82 Å². The molecule has 0 bridgehead atoms. The van der Waals surface area contributed by atoms with Crippen LogP contribution in [0.15, 0.2) is 6.07 Å². The van der Waals surface area contributed by atoms with E-state index in [0.29, 0.717) is 6.04 Å². The molecule has 20 heavy (non-hydrogen) atoms. The molecular weight excluding hydrogens is 248 g/mol. The average Bonchev–Trinajstić information content (AvgIpc) is 2.79. The summed E-state index contributed by atoms with van der Waals surface area (Å²) in [7, 11) is 6.31. The minimum Gasteiger partial charge on any atom is -0.352 e. The molecule has 0 saturated carbocycles. The van der Waals surface area contributed by atoms with Crippen molar-refractivity contribution in [3.05, 3.63) is 22.9 Å². The van der Waals surface area contributed by atoms with E-state index >= 15 is 0 Å². The number of likely N-dealkylation sites (N-methyl/N-ethyl adjacent to an activating group) is 1. The third-order valence-corrected chi connectivity index (χ3v) is 4.03. The Morgan fingerprint density at radius 3 is 2.80 bits per heavy atom. The summed E-state index contributed by atoms with van der Waals surface area (Å²) in [6, 6.07) is 2.78. The lowest BCUT2D eigenvalue weighted by Crippen LogP contribution is -2.39. The van der Waals surface area contributed by atoms with Gasteiger partial charge in [-0.15, -0.1) is 0 Å². The largest absolute Gasteiger partial charge is 0.352 e. The van der Waals surface area contributed by atoms with Crippen molar-refractivity contribution in [3.63, 3.8) is 0 Å². The van der Waals surface area contributed by atoms with Gasteiger partial charge in [0.25, 0.3) is 0 Å². The highest BCUT2D eigenvalue weighted by atomic mass is 15.3. The molecule has 1 saturated heterocycles. The van der Waals surface area contributed by atoms with Crippen LogP contribution in [0, 0.1) is 13.8 Å². The second-order valence-electron chi connectivity index (χ2n) is 6.16. The van der Waals surface area contributed by atoms with Gasteiger partial charge in [0.2, 0.25) is 0 Å². The number of anilines is 1. The maximum absolute atomic E-state index is 4.86. The molecule has 1 aromatic rings. The number of nitrogens with zero attached hydrogens (tertiary/aromatic N) is 3. The first-order valence-corrected chi connectivity index (χ1v) is 7.56. The molecule has 112 valence electrons. The van der Waals surface area contributed by atoms with E-state index in [9.17, 15) is 0 Å². The second kappa shape index (κ2) is 6.55. The summed E-state index contributed by atoms with van der Waals surface area (Å²) in [5.41, 5.74) is 3.81. The van der Waals surface area contributed by atoms with E-state index < -0.39 is 0 Å². The van der Waals surface area contributed by atoms with Crippen molar-refractivity contribution in [1.82, 2.24) is 15.2 Å². The quantitative estimate of drug-likeness (QED) is 0.891. The van der Waals surface area contributed by atoms with Crippen LogP contribution in [-0.4, -0.2) is 50.2 Å². The summed E-state index contributed by atoms with van der Waals surface area (Å²) in [5.74, 6) is 1.20. The zero-order valence-corrected chi connectivity index (χ0v) is 13.5. The van der Waals surface area contributed by atoms with E-state index in [0.717, 1.165) is 25.3 Å². The molecule has 1 aromatic heterocycles. The molecule has 4 heteroatoms. The van der Waals surface area contributed by atoms with E-state index in [4.69, 9.17) is 4.98 Å². The zero-order chi connectivity index (χ0) is 14.7. The molecule has 1 fully saturated rings. The summed E-state index contributed by atoms with van der Waals surface area (Å²) in [6.07, 6.45) is 2.54. The molecule has 1 aliphatic rings. The van der Waals surface area contributed by atoms with Crippen molar-refractivity contribution in [2.75, 3.05) is 39.1 Å². The number of aromatic nitrogens is 1. The van der Waals surface area contributed by atoms with E-state index in [1.54, 1.807) is 0 Å². The van der Waals surface area contributed by atoms with Crippen molar-refractivity contribution in [3.8, 4) is 0 Å². The summed E-state index contributed by atoms with van der Waals surface area (Å²) < 4.78 is 0. The standard InChI is InChI=1S/C16H28N4/c1-12-9-13(2)18-16(15(12)10-17-3)20-8-6-7-14(20)11-19(4)5/h9,14,17H,6-8,10-11H2,1-5H3. The van der Waals surface area contributed by atoms with Crippen molar-refractivity contribution < 1.29 is 0 Å². The molecule has 1 aliphatic heterocycles. The first-order valence-electron chi connectivity index (χ1n) is 7.56. The molecule has 1 atom stereocenters. The Morgan fingerprint density at radius 2 is 2.15 bits per heavy atom. The molecule has 1 N–H and O–H groups in total. The highest BCUT2D eigenvalue weighted by Crippen LogP contribution is 2.29. The second-order valence-corrected chi connectivity index (χ2v) is 6.16. The van der Waals surface area contributed by atoms with Crippen LogP contribution in [-0.2, 0) is 6.54 Å². The molecule has 0 amide bonds. The lowest BCUT2D eigenvalue weighted by atomic mass is 10.1. The van der Waals surface area contributed by atoms with Crippen LogP contribution in [0.3, 0.4) is 0 Å².